The van der Waals surface area contributed by atoms with Gasteiger partial charge in [-0.25, -0.2) is 18.2 Å². The van der Waals surface area contributed by atoms with Gasteiger partial charge in [0.2, 0.25) is 27.7 Å². The second-order valence-electron chi connectivity index (χ2n) is 19.4. The number of likely N-dealkylation sites (tertiary alicyclic amines) is 1. The Hall–Kier alpha value is -4.44. The van der Waals surface area contributed by atoms with Gasteiger partial charge in [-0.15, -0.1) is 0 Å². The number of nitrogens with one attached hydrogen (secondary N) is 3. The Balaban J connectivity index is 1.04. The van der Waals surface area contributed by atoms with Crippen molar-refractivity contribution in [1.29, 1.82) is 0 Å². The lowest BCUT2D eigenvalue weighted by molar-refractivity contribution is -0.141. The molecule has 0 radical (unpaired) electrons. The van der Waals surface area contributed by atoms with Gasteiger partial charge >= 0.3 is 6.09 Å². The van der Waals surface area contributed by atoms with Crippen molar-refractivity contribution in [3.63, 3.8) is 0 Å². The average Bonchev–Trinajstić information content (AvgIpc) is 4.20. The molecular weight excluding hydrogens is 825 g/mol. The zero-order chi connectivity index (χ0) is 43.8. The third kappa shape index (κ3) is 9.67. The molecule has 3 aliphatic carbocycles. The van der Waals surface area contributed by atoms with Gasteiger partial charge in [-0.3, -0.25) is 19.1 Å². The summed E-state index contributed by atoms with van der Waals surface area (Å²) in [6.07, 6.45) is 15.3. The number of para-hydroxylation sites is 1. The molecular formula is C47H64N6O9S. The molecule has 3 saturated carbocycles. The van der Waals surface area contributed by atoms with Crippen LogP contribution in [0.5, 0.6) is 11.6 Å². The SMILES string of the molecule is CC1(S(=O)(=O)NC(=O)[C@@]23C[C@H]2/C=C\CCCCC[C@@H]2NC(=O)O[C@@H]4C[C@H]4CCCCCc4c(nc5ccccc5c4OCCCN4CCCC4)O[C@@H]4C[C@@H](C(=O)N3)N(C4)C2=O)CC1. The molecule has 0 unspecified atom stereocenters. The Kier molecular flexibility index (Phi) is 12.7. The lowest BCUT2D eigenvalue weighted by Gasteiger charge is -2.30. The zero-order valence-electron chi connectivity index (χ0n) is 36.6. The van der Waals surface area contributed by atoms with Crippen LogP contribution in [0.1, 0.15) is 122 Å². The standard InChI is InChI=1S/C47H64N6O9S/c1-46(21-22-46)63(58,59)51-44(56)47-29-32(47)16-7-3-2-4-9-20-37-43(55)53-30-33(28-38(53)41(54)50-47)61-42-35(18-8-5-6-15-31-27-39(31)62-45(57)49-37)40(34-17-10-11-19-36(34)48-42)60-26-14-25-52-23-12-13-24-52/h7,10-11,16-17,19,31-33,37-39H,2-6,8-9,12-15,18,20-30H2,1H3,(H,49,57)(H,50,54)(H,51,56)/b16-7-/t31-,32-,33-,37+,38+,39-,47-/m1/s1. The van der Waals surface area contributed by atoms with E-state index in [4.69, 9.17) is 19.2 Å². The lowest BCUT2D eigenvalue weighted by atomic mass is 10.0. The summed E-state index contributed by atoms with van der Waals surface area (Å²) >= 11 is 0. The number of ether oxygens (including phenoxy) is 3. The molecule has 3 N–H and O–H groups in total. The molecule has 4 aliphatic heterocycles. The number of carbonyl (C=O) groups is 4. The monoisotopic (exact) mass is 888 g/mol. The summed E-state index contributed by atoms with van der Waals surface area (Å²) in [5.41, 5.74) is 0.0678. The molecule has 15 nitrogen and oxygen atoms in total. The third-order valence-corrected chi connectivity index (χ3v) is 16.8. The molecule has 3 bridgehead atoms. The van der Waals surface area contributed by atoms with Gasteiger partial charge in [0.25, 0.3) is 5.91 Å². The highest BCUT2D eigenvalue weighted by Gasteiger charge is 2.63. The largest absolute Gasteiger partial charge is 0.492 e. The number of aromatic nitrogens is 1. The maximum atomic E-state index is 14.8. The fourth-order valence-electron chi connectivity index (χ4n) is 10.1. The van der Waals surface area contributed by atoms with Gasteiger partial charge in [0, 0.05) is 24.3 Å². The van der Waals surface area contributed by atoms with E-state index in [2.05, 4.69) is 20.3 Å². The molecule has 2 aromatic rings. The lowest BCUT2D eigenvalue weighted by Crippen LogP contribution is -2.58. The van der Waals surface area contributed by atoms with Crippen molar-refractivity contribution in [1.82, 2.24) is 30.1 Å². The first-order valence-corrected chi connectivity index (χ1v) is 25.2. The van der Waals surface area contributed by atoms with E-state index in [-0.39, 0.29) is 31.4 Å². The molecule has 5 heterocycles. The van der Waals surface area contributed by atoms with Crippen molar-refractivity contribution in [2.24, 2.45) is 11.8 Å². The number of pyridine rings is 1. The van der Waals surface area contributed by atoms with Crippen LogP contribution in [0.25, 0.3) is 10.9 Å². The minimum atomic E-state index is -4.00. The molecule has 2 saturated heterocycles. The van der Waals surface area contributed by atoms with Gasteiger partial charge in [0.1, 0.15) is 35.6 Å². The van der Waals surface area contributed by atoms with Crippen molar-refractivity contribution < 1.29 is 41.8 Å². The molecule has 9 rings (SSSR count). The summed E-state index contributed by atoms with van der Waals surface area (Å²) in [6, 6.07) is 5.83. The first-order valence-electron chi connectivity index (χ1n) is 23.7. The van der Waals surface area contributed by atoms with Crippen molar-refractivity contribution in [3.05, 3.63) is 42.0 Å². The molecule has 4 amide bonds. The Morgan fingerprint density at radius 2 is 1.78 bits per heavy atom. The molecule has 342 valence electrons. The summed E-state index contributed by atoms with van der Waals surface area (Å²) in [7, 11) is -4.00. The zero-order valence-corrected chi connectivity index (χ0v) is 37.4. The predicted octanol–water partition coefficient (Wildman–Crippen LogP) is 5.44. The number of carbonyl (C=O) groups excluding carboxylic acids is 4. The van der Waals surface area contributed by atoms with E-state index < -0.39 is 68.2 Å². The second-order valence-corrected chi connectivity index (χ2v) is 21.6. The van der Waals surface area contributed by atoms with E-state index in [0.29, 0.717) is 56.5 Å². The fourth-order valence-corrected chi connectivity index (χ4v) is 11.4. The molecule has 16 heteroatoms. The average molecular weight is 889 g/mol. The molecule has 1 aromatic carbocycles. The van der Waals surface area contributed by atoms with Crippen LogP contribution in [0.2, 0.25) is 0 Å². The van der Waals surface area contributed by atoms with Crippen molar-refractivity contribution >= 4 is 44.7 Å². The molecule has 63 heavy (non-hydrogen) atoms. The number of fused-ring (bicyclic) bond motifs is 6. The number of alkyl carbamates (subject to hydrolysis) is 1. The Morgan fingerprint density at radius 3 is 2.60 bits per heavy atom. The number of hydrogen-bond donors (Lipinski definition) is 3. The quantitative estimate of drug-likeness (QED) is 0.227. The highest BCUT2D eigenvalue weighted by Crippen LogP contribution is 2.48. The van der Waals surface area contributed by atoms with Gasteiger partial charge in [0.15, 0.2) is 0 Å². The molecule has 7 aliphatic rings. The number of hydrogen-bond acceptors (Lipinski definition) is 11. The number of amides is 4. The van der Waals surface area contributed by atoms with Crippen LogP contribution in [-0.4, -0.2) is 114 Å². The molecule has 0 spiro atoms. The summed E-state index contributed by atoms with van der Waals surface area (Å²) in [4.78, 5) is 66.0. The summed E-state index contributed by atoms with van der Waals surface area (Å²) in [5.74, 6) is -0.803. The number of benzene rings is 1. The molecule has 1 aromatic heterocycles. The number of rotatable bonds is 8. The van der Waals surface area contributed by atoms with Crippen LogP contribution in [0.15, 0.2) is 36.4 Å². The van der Waals surface area contributed by atoms with Crippen molar-refractivity contribution in [3.8, 4) is 11.6 Å². The minimum absolute atomic E-state index is 0.0179. The maximum Gasteiger partial charge on any atom is 0.408 e. The molecule has 7 atom stereocenters. The van der Waals surface area contributed by atoms with Gasteiger partial charge < -0.3 is 34.6 Å². The molecule has 5 fully saturated rings. The summed E-state index contributed by atoms with van der Waals surface area (Å²) < 4.78 is 47.3. The van der Waals surface area contributed by atoms with Crippen LogP contribution in [-0.2, 0) is 35.6 Å². The van der Waals surface area contributed by atoms with Crippen LogP contribution in [0.4, 0.5) is 4.79 Å². The van der Waals surface area contributed by atoms with E-state index >= 15 is 0 Å². The van der Waals surface area contributed by atoms with Crippen molar-refractivity contribution in [2.45, 2.75) is 157 Å². The number of sulfonamides is 1. The number of allylic oxidation sites excluding steroid dienone is 1. The van der Waals surface area contributed by atoms with Crippen molar-refractivity contribution in [2.75, 3.05) is 32.8 Å². The topological polar surface area (TPSA) is 186 Å². The summed E-state index contributed by atoms with van der Waals surface area (Å²) in [6.45, 7) is 5.38. The predicted molar refractivity (Wildman–Crippen MR) is 235 cm³/mol. The second kappa shape index (κ2) is 18.2. The van der Waals surface area contributed by atoms with Gasteiger partial charge in [-0.1, -0.05) is 50.0 Å². The normalized spacial score (nSPS) is 31.8. The van der Waals surface area contributed by atoms with E-state index in [1.165, 1.54) is 17.7 Å². The highest BCUT2D eigenvalue weighted by atomic mass is 32.2. The van der Waals surface area contributed by atoms with Gasteiger partial charge in [-0.05, 0) is 122 Å². The van der Waals surface area contributed by atoms with Gasteiger partial charge in [0.05, 0.1) is 29.0 Å². The Labute approximate surface area is 370 Å². The maximum absolute atomic E-state index is 14.8. The Morgan fingerprint density at radius 1 is 0.984 bits per heavy atom. The minimum Gasteiger partial charge on any atom is -0.492 e. The smallest absolute Gasteiger partial charge is 0.408 e. The summed E-state index contributed by atoms with van der Waals surface area (Å²) in [5, 5.41) is 6.75. The first kappa shape index (κ1) is 43.8. The van der Waals surface area contributed by atoms with Crippen LogP contribution in [0.3, 0.4) is 0 Å². The van der Waals surface area contributed by atoms with Crippen LogP contribution >= 0.6 is 0 Å². The Bertz CT molecular complexity index is 2210. The van der Waals surface area contributed by atoms with E-state index in [9.17, 15) is 27.6 Å². The van der Waals surface area contributed by atoms with Crippen LogP contribution < -0.4 is 24.8 Å². The fraction of sp³-hybridized carbons (Fsp3) is 0.681. The highest BCUT2D eigenvalue weighted by molar-refractivity contribution is 7.91. The van der Waals surface area contributed by atoms with E-state index in [1.807, 2.05) is 36.4 Å². The van der Waals surface area contributed by atoms with Crippen LogP contribution in [0, 0.1) is 11.8 Å². The number of nitrogens with zero attached hydrogens (tertiary/aromatic N) is 3. The van der Waals surface area contributed by atoms with E-state index in [1.54, 1.807) is 6.92 Å². The first-order chi connectivity index (χ1) is 30.4. The van der Waals surface area contributed by atoms with E-state index in [0.717, 1.165) is 87.7 Å². The van der Waals surface area contributed by atoms with Gasteiger partial charge in [-0.2, -0.15) is 0 Å². The third-order valence-electron chi connectivity index (χ3n) is 14.6.